The van der Waals surface area contributed by atoms with Crippen molar-refractivity contribution in [2.75, 3.05) is 36.0 Å². The van der Waals surface area contributed by atoms with E-state index in [4.69, 9.17) is 9.97 Å². The van der Waals surface area contributed by atoms with Crippen molar-refractivity contribution in [1.82, 2.24) is 20.6 Å². The normalized spacial score (nSPS) is 34.9. The number of rotatable bonds is 2. The first-order valence-corrected chi connectivity index (χ1v) is 10.1. The maximum atomic E-state index is 4.80. The van der Waals surface area contributed by atoms with Gasteiger partial charge in [-0.2, -0.15) is 0 Å². The number of piperidine rings is 2. The van der Waals surface area contributed by atoms with E-state index in [1.165, 1.54) is 38.5 Å². The molecule has 1 aromatic rings. The van der Waals surface area contributed by atoms with Crippen LogP contribution >= 0.6 is 0 Å². The van der Waals surface area contributed by atoms with Crippen molar-refractivity contribution in [2.24, 2.45) is 0 Å². The summed E-state index contributed by atoms with van der Waals surface area (Å²) in [6, 6.07) is 4.76. The maximum Gasteiger partial charge on any atom is 0.134 e. The number of hydrogen-bond donors (Lipinski definition) is 2. The monoisotopic (exact) mass is 342 g/mol. The molecule has 4 atom stereocenters. The van der Waals surface area contributed by atoms with Gasteiger partial charge in [0.15, 0.2) is 0 Å². The fourth-order valence-electron chi connectivity index (χ4n) is 5.25. The molecule has 4 saturated heterocycles. The molecule has 4 aliphatic heterocycles. The van der Waals surface area contributed by atoms with Crippen molar-refractivity contribution in [3.8, 4) is 0 Å². The molecule has 4 fully saturated rings. The molecule has 4 unspecified atom stereocenters. The van der Waals surface area contributed by atoms with Crippen molar-refractivity contribution < 1.29 is 0 Å². The summed E-state index contributed by atoms with van der Waals surface area (Å²) in [7, 11) is 0. The fourth-order valence-corrected chi connectivity index (χ4v) is 5.25. The van der Waals surface area contributed by atoms with Crippen LogP contribution in [0.1, 0.15) is 44.3 Å². The van der Waals surface area contributed by atoms with Gasteiger partial charge in [-0.15, -0.1) is 0 Å². The molecule has 25 heavy (non-hydrogen) atoms. The zero-order valence-corrected chi connectivity index (χ0v) is 15.2. The van der Waals surface area contributed by atoms with E-state index >= 15 is 0 Å². The van der Waals surface area contributed by atoms with Gasteiger partial charge in [0.1, 0.15) is 17.5 Å². The summed E-state index contributed by atoms with van der Waals surface area (Å²) in [4.78, 5) is 14.6. The minimum absolute atomic E-state index is 0.629. The van der Waals surface area contributed by atoms with E-state index in [-0.39, 0.29) is 0 Å². The Hall–Kier alpha value is -1.40. The lowest BCUT2D eigenvalue weighted by Gasteiger charge is -2.44. The highest BCUT2D eigenvalue weighted by atomic mass is 15.3. The minimum Gasteiger partial charge on any atom is -0.353 e. The summed E-state index contributed by atoms with van der Waals surface area (Å²) in [6.45, 7) is 6.37. The third-order valence-corrected chi connectivity index (χ3v) is 6.38. The molecule has 4 aliphatic rings. The smallest absolute Gasteiger partial charge is 0.134 e. The van der Waals surface area contributed by atoms with Crippen molar-refractivity contribution in [3.05, 3.63) is 11.9 Å². The van der Waals surface area contributed by atoms with E-state index in [9.17, 15) is 0 Å². The fraction of sp³-hybridized carbons (Fsp3) is 0.789. The second kappa shape index (κ2) is 6.40. The standard InChI is InChI=1S/C19H30N6/c1-13-20-18(24-9-14-4-2-5-15(10-24)22-14)8-19(21-13)25-11-16-6-3-7-17(12-25)23-16/h8,14-17,22-23H,2-7,9-12H2,1H3. The van der Waals surface area contributed by atoms with Crippen molar-refractivity contribution in [1.29, 1.82) is 0 Å². The van der Waals surface area contributed by atoms with Crippen LogP contribution in [0.4, 0.5) is 11.6 Å². The van der Waals surface area contributed by atoms with Crippen LogP contribution in [-0.2, 0) is 0 Å². The van der Waals surface area contributed by atoms with E-state index < -0.39 is 0 Å². The zero-order valence-electron chi connectivity index (χ0n) is 15.2. The van der Waals surface area contributed by atoms with Gasteiger partial charge in [-0.25, -0.2) is 9.97 Å². The van der Waals surface area contributed by atoms with Gasteiger partial charge in [0.2, 0.25) is 0 Å². The highest BCUT2D eigenvalue weighted by Gasteiger charge is 2.33. The molecule has 1 aromatic heterocycles. The lowest BCUT2D eigenvalue weighted by atomic mass is 9.94. The summed E-state index contributed by atoms with van der Waals surface area (Å²) >= 11 is 0. The molecule has 136 valence electrons. The molecule has 0 aromatic carbocycles. The number of anilines is 2. The summed E-state index contributed by atoms with van der Waals surface area (Å²) < 4.78 is 0. The molecule has 0 amide bonds. The maximum absolute atomic E-state index is 4.80. The van der Waals surface area contributed by atoms with Crippen LogP contribution in [0.15, 0.2) is 6.07 Å². The molecular weight excluding hydrogens is 312 g/mol. The van der Waals surface area contributed by atoms with Crippen LogP contribution in [0.2, 0.25) is 0 Å². The van der Waals surface area contributed by atoms with Crippen LogP contribution in [0.25, 0.3) is 0 Å². The van der Waals surface area contributed by atoms with E-state index in [0.29, 0.717) is 24.2 Å². The number of aromatic nitrogens is 2. The highest BCUT2D eigenvalue weighted by molar-refractivity contribution is 5.52. The van der Waals surface area contributed by atoms with Crippen LogP contribution in [0.5, 0.6) is 0 Å². The number of aryl methyl sites for hydroxylation is 1. The van der Waals surface area contributed by atoms with Gasteiger partial charge in [-0.1, -0.05) is 12.8 Å². The molecule has 6 heteroatoms. The third kappa shape index (κ3) is 3.22. The first-order chi connectivity index (χ1) is 12.2. The van der Waals surface area contributed by atoms with Gasteiger partial charge in [0, 0.05) is 56.4 Å². The quantitative estimate of drug-likeness (QED) is 0.848. The average Bonchev–Trinajstić information content (AvgIpc) is 2.60. The molecule has 4 bridgehead atoms. The predicted octanol–water partition coefficient (Wildman–Crippen LogP) is 1.45. The lowest BCUT2D eigenvalue weighted by Crippen LogP contribution is -2.59. The largest absolute Gasteiger partial charge is 0.353 e. The number of nitrogens with one attached hydrogen (secondary N) is 2. The van der Waals surface area contributed by atoms with Gasteiger partial charge in [0.05, 0.1) is 0 Å². The lowest BCUT2D eigenvalue weighted by molar-refractivity contribution is 0.281. The van der Waals surface area contributed by atoms with Crippen LogP contribution in [0.3, 0.4) is 0 Å². The Morgan fingerprint density at radius 2 is 1.16 bits per heavy atom. The summed E-state index contributed by atoms with van der Waals surface area (Å²) in [5.41, 5.74) is 0. The van der Waals surface area contributed by atoms with Crippen molar-refractivity contribution >= 4 is 11.6 Å². The van der Waals surface area contributed by atoms with Gasteiger partial charge in [-0.05, 0) is 32.6 Å². The zero-order chi connectivity index (χ0) is 16.8. The molecule has 0 aliphatic carbocycles. The second-order valence-corrected chi connectivity index (χ2v) is 8.42. The number of nitrogens with zero attached hydrogens (tertiary/aromatic N) is 4. The molecule has 5 heterocycles. The molecule has 0 radical (unpaired) electrons. The average molecular weight is 342 g/mol. The Labute approximate surface area is 150 Å². The Kier molecular flexibility index (Phi) is 4.05. The Balaban J connectivity index is 1.39. The molecule has 2 N–H and O–H groups in total. The van der Waals surface area contributed by atoms with Gasteiger partial charge >= 0.3 is 0 Å². The van der Waals surface area contributed by atoms with Gasteiger partial charge in [0.25, 0.3) is 0 Å². The summed E-state index contributed by atoms with van der Waals surface area (Å²) in [5, 5.41) is 7.54. The van der Waals surface area contributed by atoms with Crippen molar-refractivity contribution in [2.45, 2.75) is 69.6 Å². The van der Waals surface area contributed by atoms with Gasteiger partial charge < -0.3 is 20.4 Å². The second-order valence-electron chi connectivity index (χ2n) is 8.42. The Morgan fingerprint density at radius 3 is 1.56 bits per heavy atom. The number of piperazine rings is 2. The van der Waals surface area contributed by atoms with Gasteiger partial charge in [-0.3, -0.25) is 0 Å². The molecular formula is C19H30N6. The topological polar surface area (TPSA) is 56.3 Å². The van der Waals surface area contributed by atoms with E-state index in [2.05, 4.69) is 26.5 Å². The van der Waals surface area contributed by atoms with E-state index in [1.54, 1.807) is 0 Å². The van der Waals surface area contributed by atoms with Crippen molar-refractivity contribution in [3.63, 3.8) is 0 Å². The van der Waals surface area contributed by atoms with Crippen LogP contribution < -0.4 is 20.4 Å². The Morgan fingerprint density at radius 1 is 0.760 bits per heavy atom. The minimum atomic E-state index is 0.629. The first-order valence-electron chi connectivity index (χ1n) is 10.1. The van der Waals surface area contributed by atoms with E-state index in [1.807, 2.05) is 6.92 Å². The molecule has 6 nitrogen and oxygen atoms in total. The SMILES string of the molecule is Cc1nc(N2CC3CCCC(C2)N3)cc(N2CC3CCCC(C2)N3)n1. The van der Waals surface area contributed by atoms with Crippen LogP contribution in [-0.4, -0.2) is 60.3 Å². The summed E-state index contributed by atoms with van der Waals surface area (Å²) in [6.07, 6.45) is 7.92. The Bertz CT molecular complexity index is 560. The number of fused-ring (bicyclic) bond motifs is 4. The molecule has 5 rings (SSSR count). The first kappa shape index (κ1) is 15.8. The third-order valence-electron chi connectivity index (χ3n) is 6.38. The molecule has 0 spiro atoms. The number of hydrogen-bond acceptors (Lipinski definition) is 6. The van der Waals surface area contributed by atoms with E-state index in [0.717, 1.165) is 43.6 Å². The summed E-state index contributed by atoms with van der Waals surface area (Å²) in [5.74, 6) is 3.16. The predicted molar refractivity (Wildman–Crippen MR) is 100 cm³/mol. The van der Waals surface area contributed by atoms with Crippen LogP contribution in [0, 0.1) is 6.92 Å². The highest BCUT2D eigenvalue weighted by Crippen LogP contribution is 2.28. The molecule has 0 saturated carbocycles.